The number of aryl methyl sites for hydroxylation is 1. The Hall–Kier alpha value is -1.15. The summed E-state index contributed by atoms with van der Waals surface area (Å²) in [7, 11) is 0. The Morgan fingerprint density at radius 1 is 1.07 bits per heavy atom. The highest BCUT2D eigenvalue weighted by atomic mass is 79.9. The van der Waals surface area contributed by atoms with Gasteiger partial charge < -0.3 is 0 Å². The van der Waals surface area contributed by atoms with Crippen molar-refractivity contribution in [3.63, 3.8) is 0 Å². The smallest absolute Gasteiger partial charge is 0.0303 e. The summed E-state index contributed by atoms with van der Waals surface area (Å²) in [6, 6.07) is 10.3. The lowest BCUT2D eigenvalue weighted by Gasteiger charge is -2.04. The maximum absolute atomic E-state index is 4.08. The fourth-order valence-corrected chi connectivity index (χ4v) is 1.69. The van der Waals surface area contributed by atoms with Crippen LogP contribution in [0.4, 0.5) is 0 Å². The molecule has 1 aromatic carbocycles. The predicted molar refractivity (Wildman–Crippen MR) is 62.1 cm³/mol. The summed E-state index contributed by atoms with van der Waals surface area (Å²) in [5, 5.41) is 0. The highest BCUT2D eigenvalue weighted by Gasteiger charge is 1.99. The van der Waals surface area contributed by atoms with E-state index < -0.39 is 0 Å². The van der Waals surface area contributed by atoms with E-state index in [9.17, 15) is 0 Å². The van der Waals surface area contributed by atoms with Gasteiger partial charge in [0.05, 0.1) is 0 Å². The van der Waals surface area contributed by atoms with Gasteiger partial charge in [-0.3, -0.25) is 4.98 Å². The van der Waals surface area contributed by atoms with Crippen molar-refractivity contribution in [2.75, 3.05) is 0 Å². The van der Waals surface area contributed by atoms with Gasteiger partial charge in [-0.15, -0.1) is 0 Å². The number of nitrogens with zero attached hydrogens (tertiary/aromatic N) is 1. The molecular weight excluding hydrogens is 238 g/mol. The number of hydrogen-bond donors (Lipinski definition) is 0. The van der Waals surface area contributed by atoms with Crippen LogP contribution in [0.5, 0.6) is 0 Å². The highest BCUT2D eigenvalue weighted by molar-refractivity contribution is 9.10. The molecule has 2 heteroatoms. The predicted octanol–water partition coefficient (Wildman–Crippen LogP) is 3.82. The van der Waals surface area contributed by atoms with Crippen LogP contribution in [0.1, 0.15) is 5.56 Å². The number of aromatic nitrogens is 1. The minimum Gasteiger partial charge on any atom is -0.264 e. The van der Waals surface area contributed by atoms with Gasteiger partial charge in [-0.05, 0) is 41.8 Å². The molecule has 0 unspecified atom stereocenters. The third kappa shape index (κ3) is 1.85. The number of rotatable bonds is 1. The second-order valence-corrected chi connectivity index (χ2v) is 4.11. The molecule has 0 N–H and O–H groups in total. The molecule has 1 nitrogen and oxygen atoms in total. The number of pyridine rings is 1. The molecule has 2 rings (SSSR count). The molecule has 14 heavy (non-hydrogen) atoms. The lowest BCUT2D eigenvalue weighted by molar-refractivity contribution is 1.27. The van der Waals surface area contributed by atoms with Gasteiger partial charge in [0, 0.05) is 16.9 Å². The summed E-state index contributed by atoms with van der Waals surface area (Å²) in [6.45, 7) is 2.07. The third-order valence-electron chi connectivity index (χ3n) is 2.18. The van der Waals surface area contributed by atoms with Crippen LogP contribution < -0.4 is 0 Å². The first-order valence-electron chi connectivity index (χ1n) is 4.44. The lowest BCUT2D eigenvalue weighted by atomic mass is 10.0. The van der Waals surface area contributed by atoms with Crippen LogP contribution in [-0.2, 0) is 0 Å². The number of benzene rings is 1. The molecule has 0 fully saturated rings. The summed E-state index contributed by atoms with van der Waals surface area (Å²) in [5.74, 6) is 0. The molecule has 0 spiro atoms. The Morgan fingerprint density at radius 3 is 2.43 bits per heavy atom. The average Bonchev–Trinajstić information content (AvgIpc) is 2.20. The molecule has 70 valence electrons. The van der Waals surface area contributed by atoms with Crippen LogP contribution in [0.25, 0.3) is 11.1 Å². The topological polar surface area (TPSA) is 12.9 Å². The van der Waals surface area contributed by atoms with E-state index in [0.29, 0.717) is 0 Å². The van der Waals surface area contributed by atoms with E-state index in [1.807, 2.05) is 18.5 Å². The molecule has 0 aliphatic rings. The van der Waals surface area contributed by atoms with Gasteiger partial charge in [-0.2, -0.15) is 0 Å². The van der Waals surface area contributed by atoms with Crippen molar-refractivity contribution in [1.29, 1.82) is 0 Å². The van der Waals surface area contributed by atoms with Crippen molar-refractivity contribution in [3.05, 3.63) is 52.8 Å². The Kier molecular flexibility index (Phi) is 2.64. The molecule has 0 aliphatic carbocycles. The van der Waals surface area contributed by atoms with Crippen LogP contribution in [0.15, 0.2) is 47.2 Å². The molecule has 0 aliphatic heterocycles. The first kappa shape index (κ1) is 9.41. The lowest BCUT2D eigenvalue weighted by Crippen LogP contribution is -1.83. The molecule has 0 amide bonds. The minimum atomic E-state index is 1.10. The molecule has 0 bridgehead atoms. The molecule has 0 radical (unpaired) electrons. The van der Waals surface area contributed by atoms with Crippen LogP contribution in [-0.4, -0.2) is 4.98 Å². The molecule has 0 saturated heterocycles. The van der Waals surface area contributed by atoms with Crippen LogP contribution in [0, 0.1) is 6.92 Å². The van der Waals surface area contributed by atoms with E-state index in [0.717, 1.165) is 4.47 Å². The molecule has 1 aromatic heterocycles. The quantitative estimate of drug-likeness (QED) is 0.747. The van der Waals surface area contributed by atoms with Crippen LogP contribution >= 0.6 is 15.9 Å². The van der Waals surface area contributed by atoms with Crippen molar-refractivity contribution < 1.29 is 0 Å². The Morgan fingerprint density at radius 2 is 1.79 bits per heavy atom. The van der Waals surface area contributed by atoms with Gasteiger partial charge in [0.15, 0.2) is 0 Å². The van der Waals surface area contributed by atoms with Gasteiger partial charge in [0.25, 0.3) is 0 Å². The highest BCUT2D eigenvalue weighted by Crippen LogP contribution is 2.23. The van der Waals surface area contributed by atoms with E-state index >= 15 is 0 Å². The summed E-state index contributed by atoms with van der Waals surface area (Å²) < 4.78 is 1.10. The monoisotopic (exact) mass is 247 g/mol. The van der Waals surface area contributed by atoms with Crippen LogP contribution in [0.3, 0.4) is 0 Å². The molecule has 1 heterocycles. The van der Waals surface area contributed by atoms with Crippen molar-refractivity contribution in [2.24, 2.45) is 0 Å². The summed E-state index contributed by atoms with van der Waals surface area (Å²) in [5.41, 5.74) is 3.68. The summed E-state index contributed by atoms with van der Waals surface area (Å²) >= 11 is 3.42. The van der Waals surface area contributed by atoms with Crippen molar-refractivity contribution in [2.45, 2.75) is 6.92 Å². The summed E-state index contributed by atoms with van der Waals surface area (Å²) in [4.78, 5) is 4.08. The zero-order valence-electron chi connectivity index (χ0n) is 7.87. The summed E-state index contributed by atoms with van der Waals surface area (Å²) in [6.07, 6.45) is 3.71. The van der Waals surface area contributed by atoms with E-state index in [4.69, 9.17) is 0 Å². The molecule has 2 aromatic rings. The second kappa shape index (κ2) is 3.93. The average molecular weight is 248 g/mol. The second-order valence-electron chi connectivity index (χ2n) is 3.20. The third-order valence-corrected chi connectivity index (χ3v) is 2.70. The Balaban J connectivity index is 2.50. The first-order chi connectivity index (χ1) is 6.77. The van der Waals surface area contributed by atoms with Crippen LogP contribution in [0.2, 0.25) is 0 Å². The normalized spacial score (nSPS) is 10.1. The van der Waals surface area contributed by atoms with Crippen molar-refractivity contribution in [1.82, 2.24) is 4.98 Å². The Bertz CT molecular complexity index is 434. The van der Waals surface area contributed by atoms with Crippen molar-refractivity contribution >= 4 is 15.9 Å². The molecule has 0 saturated carbocycles. The van der Waals surface area contributed by atoms with Gasteiger partial charge in [0.1, 0.15) is 0 Å². The van der Waals surface area contributed by atoms with E-state index in [2.05, 4.69) is 52.1 Å². The van der Waals surface area contributed by atoms with Gasteiger partial charge in [0.2, 0.25) is 0 Å². The maximum atomic E-state index is 4.08. The fourth-order valence-electron chi connectivity index (χ4n) is 1.43. The largest absolute Gasteiger partial charge is 0.264 e. The van der Waals surface area contributed by atoms with Crippen molar-refractivity contribution in [3.8, 4) is 11.1 Å². The standard InChI is InChI=1S/C12H10BrN/c1-9-8-14-7-6-12(9)10-2-4-11(13)5-3-10/h2-8H,1H3. The number of hydrogen-bond acceptors (Lipinski definition) is 1. The van der Waals surface area contributed by atoms with Gasteiger partial charge in [-0.25, -0.2) is 0 Å². The van der Waals surface area contributed by atoms with Gasteiger partial charge >= 0.3 is 0 Å². The van der Waals surface area contributed by atoms with E-state index in [-0.39, 0.29) is 0 Å². The molecule has 0 atom stereocenters. The fraction of sp³-hybridized carbons (Fsp3) is 0.0833. The number of halogens is 1. The Labute approximate surface area is 91.9 Å². The molecular formula is C12H10BrN. The first-order valence-corrected chi connectivity index (χ1v) is 5.23. The van der Waals surface area contributed by atoms with E-state index in [1.165, 1.54) is 16.7 Å². The maximum Gasteiger partial charge on any atom is 0.0303 e. The SMILES string of the molecule is Cc1cnccc1-c1ccc(Br)cc1. The minimum absolute atomic E-state index is 1.10. The zero-order chi connectivity index (χ0) is 9.97. The van der Waals surface area contributed by atoms with E-state index in [1.54, 1.807) is 0 Å². The zero-order valence-corrected chi connectivity index (χ0v) is 9.45. The van der Waals surface area contributed by atoms with Gasteiger partial charge in [-0.1, -0.05) is 28.1 Å².